The molecule has 3 unspecified atom stereocenters. The Morgan fingerprint density at radius 1 is 0.519 bits per heavy atom. The number of amides is 2. The molecular formula is C68H78N6O3. The van der Waals surface area contributed by atoms with Crippen LogP contribution in [0.5, 0.6) is 0 Å². The van der Waals surface area contributed by atoms with Crippen molar-refractivity contribution in [3.63, 3.8) is 0 Å². The van der Waals surface area contributed by atoms with Crippen molar-refractivity contribution in [1.82, 2.24) is 30.1 Å². The first-order valence-electron chi connectivity index (χ1n) is 28.6. The quantitative estimate of drug-likeness (QED) is 0.118. The summed E-state index contributed by atoms with van der Waals surface area (Å²) in [4.78, 5) is 43.3. The minimum atomic E-state index is -0.373. The average Bonchev–Trinajstić information content (AvgIpc) is 4.39. The molecule has 9 nitrogen and oxygen atoms in total. The van der Waals surface area contributed by atoms with E-state index in [-0.39, 0.29) is 30.0 Å². The number of rotatable bonds is 13. The number of aryl methyl sites for hydroxylation is 3. The summed E-state index contributed by atoms with van der Waals surface area (Å²) in [6.07, 6.45) is 20.6. The number of pyridine rings is 3. The van der Waals surface area contributed by atoms with Gasteiger partial charge in [0.25, 0.3) is 11.8 Å². The third-order valence-electron chi connectivity index (χ3n) is 18.0. The van der Waals surface area contributed by atoms with E-state index in [4.69, 9.17) is 0 Å². The van der Waals surface area contributed by atoms with Gasteiger partial charge in [-0.05, 0) is 208 Å². The van der Waals surface area contributed by atoms with Gasteiger partial charge in [0.1, 0.15) is 0 Å². The molecule has 0 saturated heterocycles. The number of aliphatic hydroxyl groups is 1. The van der Waals surface area contributed by atoms with Gasteiger partial charge in [0, 0.05) is 66.9 Å². The summed E-state index contributed by atoms with van der Waals surface area (Å²) in [6.45, 7) is 2.39. The molecule has 3 aromatic heterocycles. The second-order valence-corrected chi connectivity index (χ2v) is 22.7. The van der Waals surface area contributed by atoms with Gasteiger partial charge in [0.15, 0.2) is 0 Å². The van der Waals surface area contributed by atoms with Crippen LogP contribution in [0, 0.1) is 23.7 Å². The second kappa shape index (κ2) is 25.1. The molecule has 5 aliphatic carbocycles. The Bertz CT molecular complexity index is 2860. The maximum absolute atomic E-state index is 13.2. The van der Waals surface area contributed by atoms with Crippen molar-refractivity contribution < 1.29 is 14.7 Å². The fourth-order valence-electron chi connectivity index (χ4n) is 13.5. The summed E-state index contributed by atoms with van der Waals surface area (Å²) < 4.78 is 0. The second-order valence-electron chi connectivity index (χ2n) is 22.7. The number of nitrogens with one attached hydrogen (secondary N) is 1. The number of nitrogens with zero attached hydrogens (tertiary/aromatic N) is 5. The SMILES string of the molecule is CN(C(=O)c1ccc(C[C@@H]2CC[C@H]([C@H](O)c3ccccc3)C2)cc1)C1CCc2ncccc21.CNC1CCc2ncccc21.C[C@H](c1ccccc1)[C@H]1CC[C@@H](Cc2ccc(C(=O)N(C)C3CCc4ncccc43)cc2)C1. The average molecular weight is 1030 g/mol. The minimum Gasteiger partial charge on any atom is -0.388 e. The molecule has 2 N–H and O–H groups in total. The Hall–Kier alpha value is -6.81. The first kappa shape index (κ1) is 53.6. The number of carbonyl (C=O) groups is 2. The third kappa shape index (κ3) is 12.6. The molecule has 2 saturated carbocycles. The largest absolute Gasteiger partial charge is 0.388 e. The number of hydrogen-bond donors (Lipinski definition) is 2. The van der Waals surface area contributed by atoms with Crippen LogP contribution >= 0.6 is 0 Å². The van der Waals surface area contributed by atoms with Crippen molar-refractivity contribution in [3.05, 3.63) is 231 Å². The lowest BCUT2D eigenvalue weighted by atomic mass is 9.85. The number of hydrogen-bond acceptors (Lipinski definition) is 7. The number of aromatic nitrogens is 3. The van der Waals surface area contributed by atoms with E-state index in [2.05, 4.69) is 100.0 Å². The van der Waals surface area contributed by atoms with Gasteiger partial charge in [-0.15, -0.1) is 0 Å². The molecule has 12 rings (SSSR count). The highest BCUT2D eigenvalue weighted by Gasteiger charge is 2.34. The first-order valence-corrected chi connectivity index (χ1v) is 28.6. The number of benzene rings is 4. The van der Waals surface area contributed by atoms with Crippen LogP contribution in [0.4, 0.5) is 0 Å². The Morgan fingerprint density at radius 2 is 0.948 bits per heavy atom. The van der Waals surface area contributed by atoms with Crippen LogP contribution < -0.4 is 5.32 Å². The molecule has 0 bridgehead atoms. The van der Waals surface area contributed by atoms with Gasteiger partial charge in [-0.1, -0.05) is 110 Å². The molecule has 9 heteroatoms. The Morgan fingerprint density at radius 3 is 1.44 bits per heavy atom. The van der Waals surface area contributed by atoms with Crippen molar-refractivity contribution in [2.45, 2.75) is 127 Å². The van der Waals surface area contributed by atoms with E-state index in [0.717, 1.165) is 104 Å². The number of fused-ring (bicyclic) bond motifs is 3. The zero-order chi connectivity index (χ0) is 53.3. The van der Waals surface area contributed by atoms with Crippen LogP contribution in [0.15, 0.2) is 164 Å². The lowest BCUT2D eigenvalue weighted by molar-refractivity contribution is 0.0723. The van der Waals surface area contributed by atoms with Gasteiger partial charge in [0.05, 0.1) is 18.2 Å². The van der Waals surface area contributed by atoms with Gasteiger partial charge >= 0.3 is 0 Å². The van der Waals surface area contributed by atoms with Crippen molar-refractivity contribution in [1.29, 1.82) is 0 Å². The molecule has 0 spiro atoms. The zero-order valence-corrected chi connectivity index (χ0v) is 45.7. The smallest absolute Gasteiger partial charge is 0.254 e. The molecule has 7 aromatic rings. The van der Waals surface area contributed by atoms with Crippen LogP contribution in [0.1, 0.15) is 172 Å². The van der Waals surface area contributed by atoms with Gasteiger partial charge in [-0.2, -0.15) is 0 Å². The van der Waals surface area contributed by atoms with Crippen LogP contribution in [0.25, 0.3) is 0 Å². The van der Waals surface area contributed by atoms with Crippen molar-refractivity contribution in [3.8, 4) is 0 Å². The van der Waals surface area contributed by atoms with Crippen LogP contribution in [-0.2, 0) is 32.1 Å². The molecule has 9 atom stereocenters. The van der Waals surface area contributed by atoms with Crippen molar-refractivity contribution in [2.24, 2.45) is 23.7 Å². The van der Waals surface area contributed by atoms with E-state index in [1.807, 2.05) is 122 Å². The number of carbonyl (C=O) groups excluding carboxylic acids is 2. The topological polar surface area (TPSA) is 112 Å². The monoisotopic (exact) mass is 1030 g/mol. The molecule has 0 aliphatic heterocycles. The molecule has 4 aromatic carbocycles. The molecule has 77 heavy (non-hydrogen) atoms. The summed E-state index contributed by atoms with van der Waals surface area (Å²) in [5, 5.41) is 14.0. The lowest BCUT2D eigenvalue weighted by Gasteiger charge is -2.25. The zero-order valence-electron chi connectivity index (χ0n) is 45.7. The van der Waals surface area contributed by atoms with E-state index >= 15 is 0 Å². The fourth-order valence-corrected chi connectivity index (χ4v) is 13.5. The molecule has 3 heterocycles. The van der Waals surface area contributed by atoms with E-state index in [0.29, 0.717) is 23.8 Å². The minimum absolute atomic E-state index is 0.0650. The van der Waals surface area contributed by atoms with E-state index < -0.39 is 0 Å². The van der Waals surface area contributed by atoms with Crippen molar-refractivity contribution >= 4 is 11.8 Å². The van der Waals surface area contributed by atoms with Gasteiger partial charge in [-0.25, -0.2) is 0 Å². The van der Waals surface area contributed by atoms with Gasteiger partial charge in [-0.3, -0.25) is 24.5 Å². The summed E-state index contributed by atoms with van der Waals surface area (Å²) in [6, 6.07) is 50.6. The highest BCUT2D eigenvalue weighted by molar-refractivity contribution is 5.95. The highest BCUT2D eigenvalue weighted by Crippen LogP contribution is 2.43. The molecule has 0 radical (unpaired) electrons. The standard InChI is InChI=1S/C30H34N2O.C29H32N2O2.C9H12N2/c1-21(24-7-4-3-5-8-24)26-15-12-23(20-26)19-22-10-13-25(14-11-22)30(33)32(2)29-17-16-28-27(29)9-6-18-31-28;1-31(27-16-15-26-25(27)8-5-17-30-26)29(33)23-12-9-20(10-13-23)18-21-11-14-24(19-21)28(32)22-6-3-2-4-7-22;1-10-8-4-5-9-7(8)3-2-6-11-9/h3-11,13-14,18,21,23,26,29H,12,15-17,19-20H2,1-2H3;2-10,12-13,17,21,24,27-28,32H,11,14-16,18-19H2,1H3;2-3,6,8,10H,4-5H2,1H3/t21-,23+,26+,29?;21-,24-,27?,28+;/m10./s1. The third-order valence-corrected chi connectivity index (χ3v) is 18.0. The summed E-state index contributed by atoms with van der Waals surface area (Å²) in [5.74, 6) is 3.22. The van der Waals surface area contributed by atoms with E-state index in [1.165, 1.54) is 64.8 Å². The molecular weight excluding hydrogens is 949 g/mol. The van der Waals surface area contributed by atoms with E-state index in [1.54, 1.807) is 0 Å². The van der Waals surface area contributed by atoms with Gasteiger partial charge in [0.2, 0.25) is 0 Å². The summed E-state index contributed by atoms with van der Waals surface area (Å²) >= 11 is 0. The number of aliphatic hydroxyl groups excluding tert-OH is 1. The Kier molecular flexibility index (Phi) is 17.5. The highest BCUT2D eigenvalue weighted by atomic mass is 16.3. The summed E-state index contributed by atoms with van der Waals surface area (Å²) in [7, 11) is 5.84. The molecule has 5 aliphatic rings. The summed E-state index contributed by atoms with van der Waals surface area (Å²) in [5.41, 5.74) is 13.9. The maximum atomic E-state index is 13.2. The van der Waals surface area contributed by atoms with Crippen LogP contribution in [-0.4, -0.2) is 62.8 Å². The molecule has 398 valence electrons. The molecule has 2 amide bonds. The first-order chi connectivity index (χ1) is 37.6. The fraction of sp³-hybridized carbons (Fsp3) is 0.397. The molecule has 2 fully saturated rings. The van der Waals surface area contributed by atoms with Crippen LogP contribution in [0.3, 0.4) is 0 Å². The maximum Gasteiger partial charge on any atom is 0.254 e. The van der Waals surface area contributed by atoms with Crippen molar-refractivity contribution in [2.75, 3.05) is 21.1 Å². The lowest BCUT2D eigenvalue weighted by Crippen LogP contribution is -2.30. The normalized spacial score (nSPS) is 22.5. The predicted molar refractivity (Wildman–Crippen MR) is 307 cm³/mol. The Balaban J connectivity index is 0.000000146. The predicted octanol–water partition coefficient (Wildman–Crippen LogP) is 13.4. The Labute approximate surface area is 457 Å². The van der Waals surface area contributed by atoms with E-state index in [9.17, 15) is 14.7 Å². The van der Waals surface area contributed by atoms with Crippen LogP contribution in [0.2, 0.25) is 0 Å². The van der Waals surface area contributed by atoms with Gasteiger partial charge < -0.3 is 20.2 Å².